The molecule has 1 amide bonds. The lowest BCUT2D eigenvalue weighted by Crippen LogP contribution is -2.33. The minimum Gasteiger partial charge on any atom is -0.452 e. The quantitative estimate of drug-likeness (QED) is 0.468. The molecule has 3 aromatic rings. The molecule has 0 saturated heterocycles. The van der Waals surface area contributed by atoms with Crippen LogP contribution in [0.4, 0.5) is 0 Å². The second-order valence-electron chi connectivity index (χ2n) is 6.03. The van der Waals surface area contributed by atoms with Crippen LogP contribution in [0.15, 0.2) is 78.3 Å². The number of carbonyl (C=O) groups excluding carboxylic acids is 2. The molecule has 1 atom stereocenters. The number of hydrogen-bond acceptors (Lipinski definition) is 5. The summed E-state index contributed by atoms with van der Waals surface area (Å²) in [5.74, 6) is -0.926. The van der Waals surface area contributed by atoms with Crippen LogP contribution >= 0.6 is 11.3 Å². The molecular weight excluding hydrogens is 372 g/mol. The number of carbonyl (C=O) groups is 2. The highest BCUT2D eigenvalue weighted by Gasteiger charge is 2.16. The maximum absolute atomic E-state index is 12.3. The van der Waals surface area contributed by atoms with Crippen molar-refractivity contribution in [2.75, 3.05) is 6.61 Å². The summed E-state index contributed by atoms with van der Waals surface area (Å²) in [6.07, 6.45) is 5.13. The molecule has 0 fully saturated rings. The highest BCUT2D eigenvalue weighted by Crippen LogP contribution is 2.18. The molecule has 0 radical (unpaired) electrons. The summed E-state index contributed by atoms with van der Waals surface area (Å²) < 4.78 is 5.03. The van der Waals surface area contributed by atoms with E-state index in [2.05, 4.69) is 10.3 Å². The number of thiazole rings is 1. The Balaban J connectivity index is 1.57. The largest absolute Gasteiger partial charge is 0.452 e. The number of rotatable bonds is 8. The van der Waals surface area contributed by atoms with Crippen molar-refractivity contribution in [3.63, 3.8) is 0 Å². The van der Waals surface area contributed by atoms with E-state index >= 15 is 0 Å². The van der Waals surface area contributed by atoms with Gasteiger partial charge in [-0.3, -0.25) is 4.79 Å². The van der Waals surface area contributed by atoms with Crippen LogP contribution in [0, 0.1) is 0 Å². The van der Waals surface area contributed by atoms with Gasteiger partial charge >= 0.3 is 5.97 Å². The molecule has 3 rings (SSSR count). The van der Waals surface area contributed by atoms with Crippen LogP contribution in [-0.4, -0.2) is 23.5 Å². The molecule has 1 N–H and O–H groups in total. The minimum absolute atomic E-state index is 0.208. The van der Waals surface area contributed by atoms with E-state index in [1.54, 1.807) is 12.3 Å². The summed E-state index contributed by atoms with van der Waals surface area (Å²) in [6.45, 7) is -0.334. The highest BCUT2D eigenvalue weighted by molar-refractivity contribution is 7.10. The zero-order valence-corrected chi connectivity index (χ0v) is 16.0. The molecule has 2 aromatic carbocycles. The van der Waals surface area contributed by atoms with Crippen molar-refractivity contribution < 1.29 is 14.3 Å². The Kier molecular flexibility index (Phi) is 7.09. The number of benzene rings is 2. The van der Waals surface area contributed by atoms with E-state index in [4.69, 9.17) is 4.74 Å². The molecule has 0 bridgehead atoms. The van der Waals surface area contributed by atoms with Crippen molar-refractivity contribution in [3.05, 3.63) is 94.5 Å². The SMILES string of the molecule is O=C(COC(=O)C=Cc1nccs1)NC(Cc1ccccc1)c1ccccc1. The van der Waals surface area contributed by atoms with Crippen LogP contribution in [0.2, 0.25) is 0 Å². The van der Waals surface area contributed by atoms with E-state index in [1.807, 2.05) is 66.0 Å². The minimum atomic E-state index is -0.579. The van der Waals surface area contributed by atoms with Gasteiger partial charge in [-0.2, -0.15) is 0 Å². The standard InChI is InChI=1S/C22H20N2O3S/c25-20(16-27-22(26)12-11-21-23-13-14-28-21)24-19(18-9-5-2-6-10-18)15-17-7-3-1-4-8-17/h1-14,19H,15-16H2,(H,24,25). The third kappa shape index (κ3) is 6.17. The Morgan fingerprint density at radius 2 is 1.79 bits per heavy atom. The molecule has 5 nitrogen and oxygen atoms in total. The Hall–Kier alpha value is -3.25. The van der Waals surface area contributed by atoms with Gasteiger partial charge in [0, 0.05) is 17.7 Å². The number of hydrogen-bond donors (Lipinski definition) is 1. The molecule has 0 saturated carbocycles. The van der Waals surface area contributed by atoms with E-state index in [0.29, 0.717) is 11.4 Å². The van der Waals surface area contributed by atoms with Gasteiger partial charge in [-0.05, 0) is 23.6 Å². The third-order valence-corrected chi connectivity index (χ3v) is 4.72. The first-order chi connectivity index (χ1) is 13.7. The molecule has 0 spiro atoms. The molecule has 1 heterocycles. The maximum atomic E-state index is 12.3. The first-order valence-electron chi connectivity index (χ1n) is 8.83. The summed E-state index contributed by atoms with van der Waals surface area (Å²) in [5.41, 5.74) is 2.11. The number of amides is 1. The number of ether oxygens (including phenoxy) is 1. The number of aromatic nitrogens is 1. The smallest absolute Gasteiger partial charge is 0.331 e. The number of nitrogens with one attached hydrogen (secondary N) is 1. The maximum Gasteiger partial charge on any atom is 0.331 e. The van der Waals surface area contributed by atoms with Crippen LogP contribution in [0.5, 0.6) is 0 Å². The van der Waals surface area contributed by atoms with E-state index < -0.39 is 5.97 Å². The van der Waals surface area contributed by atoms with Crippen molar-refractivity contribution in [3.8, 4) is 0 Å². The summed E-state index contributed by atoms with van der Waals surface area (Å²) in [5, 5.41) is 5.47. The van der Waals surface area contributed by atoms with Crippen molar-refractivity contribution in [2.45, 2.75) is 12.5 Å². The normalized spacial score (nSPS) is 11.9. The summed E-state index contributed by atoms with van der Waals surface area (Å²) in [4.78, 5) is 28.1. The van der Waals surface area contributed by atoms with Crippen molar-refractivity contribution in [1.82, 2.24) is 10.3 Å². The van der Waals surface area contributed by atoms with Gasteiger partial charge in [0.25, 0.3) is 5.91 Å². The second-order valence-corrected chi connectivity index (χ2v) is 6.96. The van der Waals surface area contributed by atoms with Gasteiger partial charge < -0.3 is 10.1 Å². The Morgan fingerprint density at radius 1 is 1.07 bits per heavy atom. The van der Waals surface area contributed by atoms with Crippen molar-refractivity contribution >= 4 is 29.3 Å². The molecule has 0 aliphatic rings. The van der Waals surface area contributed by atoms with Gasteiger partial charge in [-0.1, -0.05) is 60.7 Å². The molecule has 142 valence electrons. The van der Waals surface area contributed by atoms with Crippen LogP contribution in [0.25, 0.3) is 6.08 Å². The fraction of sp³-hybridized carbons (Fsp3) is 0.136. The highest BCUT2D eigenvalue weighted by atomic mass is 32.1. The van der Waals surface area contributed by atoms with Crippen LogP contribution in [0.1, 0.15) is 22.2 Å². The molecule has 1 aromatic heterocycles. The zero-order valence-electron chi connectivity index (χ0n) is 15.2. The first kappa shape index (κ1) is 19.5. The topological polar surface area (TPSA) is 68.3 Å². The Bertz CT molecular complexity index is 909. The van der Waals surface area contributed by atoms with E-state index in [0.717, 1.165) is 11.1 Å². The predicted molar refractivity (Wildman–Crippen MR) is 110 cm³/mol. The summed E-state index contributed by atoms with van der Waals surface area (Å²) in [7, 11) is 0. The monoisotopic (exact) mass is 392 g/mol. The lowest BCUT2D eigenvalue weighted by Gasteiger charge is -2.19. The van der Waals surface area contributed by atoms with E-state index in [9.17, 15) is 9.59 Å². The zero-order chi connectivity index (χ0) is 19.6. The molecule has 6 heteroatoms. The molecule has 1 unspecified atom stereocenters. The fourth-order valence-electron chi connectivity index (χ4n) is 2.66. The van der Waals surface area contributed by atoms with Crippen molar-refractivity contribution in [1.29, 1.82) is 0 Å². The van der Waals surface area contributed by atoms with Crippen LogP contribution < -0.4 is 5.32 Å². The first-order valence-corrected chi connectivity index (χ1v) is 9.71. The molecule has 0 aliphatic carbocycles. The summed E-state index contributed by atoms with van der Waals surface area (Å²) >= 11 is 1.41. The van der Waals surface area contributed by atoms with E-state index in [-0.39, 0.29) is 18.6 Å². The Labute approximate surface area is 167 Å². The predicted octanol–water partition coefficient (Wildman–Crippen LogP) is 3.80. The average molecular weight is 392 g/mol. The van der Waals surface area contributed by atoms with Gasteiger partial charge in [-0.15, -0.1) is 11.3 Å². The van der Waals surface area contributed by atoms with Crippen LogP contribution in [-0.2, 0) is 20.7 Å². The van der Waals surface area contributed by atoms with E-state index in [1.165, 1.54) is 17.4 Å². The number of esters is 1. The number of nitrogens with zero attached hydrogens (tertiary/aromatic N) is 1. The van der Waals surface area contributed by atoms with Crippen LogP contribution in [0.3, 0.4) is 0 Å². The van der Waals surface area contributed by atoms with Gasteiger partial charge in [0.1, 0.15) is 5.01 Å². The van der Waals surface area contributed by atoms with Gasteiger partial charge in [-0.25, -0.2) is 9.78 Å². The molecular formula is C22H20N2O3S. The lowest BCUT2D eigenvalue weighted by atomic mass is 9.99. The third-order valence-electron chi connectivity index (χ3n) is 3.98. The average Bonchev–Trinajstić information content (AvgIpc) is 3.25. The lowest BCUT2D eigenvalue weighted by molar-refractivity contribution is -0.144. The van der Waals surface area contributed by atoms with Gasteiger partial charge in [0.05, 0.1) is 6.04 Å². The fourth-order valence-corrected chi connectivity index (χ4v) is 3.19. The Morgan fingerprint density at radius 3 is 2.46 bits per heavy atom. The van der Waals surface area contributed by atoms with Crippen molar-refractivity contribution in [2.24, 2.45) is 0 Å². The molecule has 28 heavy (non-hydrogen) atoms. The molecule has 0 aliphatic heterocycles. The second kappa shape index (κ2) is 10.2. The van der Waals surface area contributed by atoms with Gasteiger partial charge in [0.15, 0.2) is 6.61 Å². The van der Waals surface area contributed by atoms with Gasteiger partial charge in [0.2, 0.25) is 0 Å². The summed E-state index contributed by atoms with van der Waals surface area (Å²) in [6, 6.07) is 19.5.